The van der Waals surface area contributed by atoms with E-state index in [0.29, 0.717) is 5.56 Å². The van der Waals surface area contributed by atoms with Crippen LogP contribution in [0.25, 0.3) is 0 Å². The fourth-order valence-corrected chi connectivity index (χ4v) is 4.40. The lowest BCUT2D eigenvalue weighted by atomic mass is 10.1. The molecule has 2 rings (SSSR count). The molecule has 0 aromatic heterocycles. The third-order valence-corrected chi connectivity index (χ3v) is 6.54. The lowest BCUT2D eigenvalue weighted by Gasteiger charge is -2.35. The molecule has 1 aliphatic rings. The molecule has 0 aliphatic carbocycles. The lowest BCUT2D eigenvalue weighted by Crippen LogP contribution is -2.45. The SMILES string of the molecule is CCN1CCC(N(C)S(=O)(=O)c2ccc(C)c(C(=O)O)c2)CC1. The molecule has 0 atom stereocenters. The first-order valence-electron chi connectivity index (χ1n) is 7.81. The summed E-state index contributed by atoms with van der Waals surface area (Å²) in [6, 6.07) is 4.24. The summed E-state index contributed by atoms with van der Waals surface area (Å²) in [5.74, 6) is -1.11. The van der Waals surface area contributed by atoms with Gasteiger partial charge < -0.3 is 10.0 Å². The van der Waals surface area contributed by atoms with E-state index in [1.54, 1.807) is 20.0 Å². The molecule has 128 valence electrons. The van der Waals surface area contributed by atoms with Crippen molar-refractivity contribution < 1.29 is 18.3 Å². The minimum Gasteiger partial charge on any atom is -0.478 e. The van der Waals surface area contributed by atoms with E-state index in [0.717, 1.165) is 32.5 Å². The third-order valence-electron chi connectivity index (χ3n) is 4.63. The van der Waals surface area contributed by atoms with Crippen molar-refractivity contribution >= 4 is 16.0 Å². The summed E-state index contributed by atoms with van der Waals surface area (Å²) in [6.45, 7) is 6.50. The highest BCUT2D eigenvalue weighted by molar-refractivity contribution is 7.89. The zero-order valence-corrected chi connectivity index (χ0v) is 14.6. The predicted octanol–water partition coefficient (Wildman–Crippen LogP) is 1.80. The van der Waals surface area contributed by atoms with Crippen molar-refractivity contribution in [2.75, 3.05) is 26.7 Å². The van der Waals surface area contributed by atoms with Gasteiger partial charge in [-0.05, 0) is 57.1 Å². The number of benzene rings is 1. The molecule has 0 spiro atoms. The summed E-state index contributed by atoms with van der Waals surface area (Å²) in [7, 11) is -2.10. The number of hydrogen-bond donors (Lipinski definition) is 1. The standard InChI is InChI=1S/C16H24N2O4S/c1-4-18-9-7-13(8-10-18)17(3)23(21,22)14-6-5-12(2)15(11-14)16(19)20/h5-6,11,13H,4,7-10H2,1-3H3,(H,19,20). The highest BCUT2D eigenvalue weighted by Crippen LogP contribution is 2.24. The normalized spacial score (nSPS) is 17.6. The van der Waals surface area contributed by atoms with E-state index >= 15 is 0 Å². The van der Waals surface area contributed by atoms with Gasteiger partial charge in [-0.3, -0.25) is 0 Å². The number of sulfonamides is 1. The fourth-order valence-electron chi connectivity index (χ4n) is 2.95. The molecule has 6 nitrogen and oxygen atoms in total. The summed E-state index contributed by atoms with van der Waals surface area (Å²) in [6.07, 6.45) is 1.59. The van der Waals surface area contributed by atoms with E-state index in [9.17, 15) is 18.3 Å². The Morgan fingerprint density at radius 1 is 1.35 bits per heavy atom. The molecule has 1 aromatic rings. The van der Waals surface area contributed by atoms with Crippen LogP contribution in [0, 0.1) is 6.92 Å². The molecule has 1 N–H and O–H groups in total. The van der Waals surface area contributed by atoms with E-state index in [2.05, 4.69) is 11.8 Å². The molecule has 1 heterocycles. The quantitative estimate of drug-likeness (QED) is 0.884. The maximum Gasteiger partial charge on any atom is 0.335 e. The molecule has 0 saturated carbocycles. The number of piperidine rings is 1. The number of nitrogens with zero attached hydrogens (tertiary/aromatic N) is 2. The number of aromatic carboxylic acids is 1. The molecule has 0 bridgehead atoms. The first-order chi connectivity index (χ1) is 10.8. The van der Waals surface area contributed by atoms with Crippen LogP contribution >= 0.6 is 0 Å². The van der Waals surface area contributed by atoms with Crippen molar-refractivity contribution in [3.8, 4) is 0 Å². The van der Waals surface area contributed by atoms with Crippen molar-refractivity contribution in [2.24, 2.45) is 0 Å². The van der Waals surface area contributed by atoms with Crippen LogP contribution < -0.4 is 0 Å². The summed E-state index contributed by atoms with van der Waals surface area (Å²) in [5, 5.41) is 9.19. The maximum absolute atomic E-state index is 12.8. The van der Waals surface area contributed by atoms with Gasteiger partial charge in [-0.15, -0.1) is 0 Å². The summed E-state index contributed by atoms with van der Waals surface area (Å²) >= 11 is 0. The van der Waals surface area contributed by atoms with E-state index in [-0.39, 0.29) is 16.5 Å². The Morgan fingerprint density at radius 2 is 1.96 bits per heavy atom. The van der Waals surface area contributed by atoms with Gasteiger partial charge in [0.05, 0.1) is 10.5 Å². The number of rotatable bonds is 5. The molecular formula is C16H24N2O4S. The number of carboxylic acid groups (broad SMARTS) is 1. The van der Waals surface area contributed by atoms with Crippen molar-refractivity contribution in [1.29, 1.82) is 0 Å². The maximum atomic E-state index is 12.8. The Kier molecular flexibility index (Phi) is 5.44. The predicted molar refractivity (Wildman–Crippen MR) is 88.2 cm³/mol. The van der Waals surface area contributed by atoms with Crippen LogP contribution in [0.4, 0.5) is 0 Å². The molecule has 1 aromatic carbocycles. The van der Waals surface area contributed by atoms with Crippen LogP contribution in [0.15, 0.2) is 23.1 Å². The van der Waals surface area contributed by atoms with E-state index < -0.39 is 16.0 Å². The Morgan fingerprint density at radius 3 is 2.48 bits per heavy atom. The van der Waals surface area contributed by atoms with E-state index in [4.69, 9.17) is 0 Å². The molecule has 1 saturated heterocycles. The zero-order valence-electron chi connectivity index (χ0n) is 13.8. The molecule has 0 amide bonds. The summed E-state index contributed by atoms with van der Waals surface area (Å²) < 4.78 is 27.0. The van der Waals surface area contributed by atoms with Gasteiger partial charge in [0.1, 0.15) is 0 Å². The van der Waals surface area contributed by atoms with E-state index in [1.807, 2.05) is 0 Å². The molecule has 0 radical (unpaired) electrons. The average Bonchev–Trinajstić information content (AvgIpc) is 2.54. The monoisotopic (exact) mass is 340 g/mol. The number of hydrogen-bond acceptors (Lipinski definition) is 4. The summed E-state index contributed by atoms with van der Waals surface area (Å²) in [4.78, 5) is 13.6. The van der Waals surface area contributed by atoms with Gasteiger partial charge in [-0.2, -0.15) is 4.31 Å². The molecule has 1 fully saturated rings. The molecule has 7 heteroatoms. The van der Waals surface area contributed by atoms with Crippen LogP contribution in [0.1, 0.15) is 35.7 Å². The van der Waals surface area contributed by atoms with Crippen LogP contribution in [0.2, 0.25) is 0 Å². The van der Waals surface area contributed by atoms with Crippen LogP contribution in [-0.2, 0) is 10.0 Å². The summed E-state index contributed by atoms with van der Waals surface area (Å²) in [5.41, 5.74) is 0.579. The fraction of sp³-hybridized carbons (Fsp3) is 0.562. The van der Waals surface area contributed by atoms with E-state index in [1.165, 1.54) is 16.4 Å². The average molecular weight is 340 g/mol. The molecule has 0 unspecified atom stereocenters. The Hall–Kier alpha value is -1.44. The molecule has 1 aliphatic heterocycles. The van der Waals surface area contributed by atoms with Crippen LogP contribution in [0.3, 0.4) is 0 Å². The lowest BCUT2D eigenvalue weighted by molar-refractivity contribution is 0.0696. The van der Waals surface area contributed by atoms with Gasteiger partial charge in [0.2, 0.25) is 10.0 Å². The Bertz CT molecular complexity index is 679. The van der Waals surface area contributed by atoms with Crippen LogP contribution in [-0.4, -0.2) is 61.4 Å². The Labute approximate surface area is 137 Å². The van der Waals surface area contributed by atoms with Gasteiger partial charge in [0.25, 0.3) is 0 Å². The van der Waals surface area contributed by atoms with Gasteiger partial charge in [-0.25, -0.2) is 13.2 Å². The van der Waals surface area contributed by atoms with Crippen molar-refractivity contribution in [3.63, 3.8) is 0 Å². The number of carboxylic acids is 1. The highest BCUT2D eigenvalue weighted by Gasteiger charge is 2.31. The number of aryl methyl sites for hydroxylation is 1. The third kappa shape index (κ3) is 3.73. The van der Waals surface area contributed by atoms with Crippen molar-refractivity contribution in [2.45, 2.75) is 37.6 Å². The minimum atomic E-state index is -3.68. The van der Waals surface area contributed by atoms with Gasteiger partial charge in [0.15, 0.2) is 0 Å². The topological polar surface area (TPSA) is 77.9 Å². The van der Waals surface area contributed by atoms with Crippen molar-refractivity contribution in [1.82, 2.24) is 9.21 Å². The second-order valence-electron chi connectivity index (χ2n) is 5.97. The molecular weight excluding hydrogens is 316 g/mol. The molecule has 23 heavy (non-hydrogen) atoms. The van der Waals surface area contributed by atoms with Gasteiger partial charge >= 0.3 is 5.97 Å². The van der Waals surface area contributed by atoms with Gasteiger partial charge in [-0.1, -0.05) is 13.0 Å². The van der Waals surface area contributed by atoms with Gasteiger partial charge in [0, 0.05) is 13.1 Å². The second kappa shape index (κ2) is 6.98. The first-order valence-corrected chi connectivity index (χ1v) is 9.25. The minimum absolute atomic E-state index is 0.0280. The largest absolute Gasteiger partial charge is 0.478 e. The Balaban J connectivity index is 2.24. The smallest absolute Gasteiger partial charge is 0.335 e. The number of likely N-dealkylation sites (tertiary alicyclic amines) is 1. The van der Waals surface area contributed by atoms with Crippen LogP contribution in [0.5, 0.6) is 0 Å². The highest BCUT2D eigenvalue weighted by atomic mass is 32.2. The van der Waals surface area contributed by atoms with Crippen molar-refractivity contribution in [3.05, 3.63) is 29.3 Å². The zero-order chi connectivity index (χ0) is 17.2. The number of carbonyl (C=O) groups is 1. The first kappa shape index (κ1) is 17.9. The second-order valence-corrected chi connectivity index (χ2v) is 7.97.